The van der Waals surface area contributed by atoms with Crippen molar-refractivity contribution in [1.82, 2.24) is 15.3 Å². The molecule has 3 rings (SSSR count). The predicted octanol–water partition coefficient (Wildman–Crippen LogP) is -1.61. The van der Waals surface area contributed by atoms with Crippen LogP contribution >= 0.6 is 0 Å². The van der Waals surface area contributed by atoms with Crippen molar-refractivity contribution in [2.75, 3.05) is 62.5 Å². The minimum absolute atomic E-state index is 0.0149. The molecule has 1 aliphatic rings. The van der Waals surface area contributed by atoms with E-state index in [-0.39, 0.29) is 48.2 Å². The van der Waals surface area contributed by atoms with E-state index in [1.807, 2.05) is 0 Å². The van der Waals surface area contributed by atoms with Gasteiger partial charge in [0.15, 0.2) is 11.9 Å². The summed E-state index contributed by atoms with van der Waals surface area (Å²) in [4.78, 5) is 66.3. The number of aromatic amines is 1. The van der Waals surface area contributed by atoms with Gasteiger partial charge in [-0.3, -0.25) is 19.4 Å². The van der Waals surface area contributed by atoms with Crippen molar-refractivity contribution in [3.63, 3.8) is 0 Å². The number of carbonyl (C=O) groups excluding carboxylic acids is 3. The second kappa shape index (κ2) is 13.7. The second-order valence-corrected chi connectivity index (χ2v) is 10.9. The van der Waals surface area contributed by atoms with Crippen LogP contribution in [0.3, 0.4) is 0 Å². The van der Waals surface area contributed by atoms with Gasteiger partial charge in [-0.15, -0.1) is 0 Å². The van der Waals surface area contributed by atoms with Gasteiger partial charge < -0.3 is 51.2 Å². The van der Waals surface area contributed by atoms with Gasteiger partial charge in [-0.1, -0.05) is 0 Å². The molecule has 2 heterocycles. The van der Waals surface area contributed by atoms with E-state index in [4.69, 9.17) is 10.5 Å². The fourth-order valence-electron chi connectivity index (χ4n) is 4.28. The van der Waals surface area contributed by atoms with Gasteiger partial charge in [0, 0.05) is 43.2 Å². The van der Waals surface area contributed by atoms with Crippen LogP contribution in [0.15, 0.2) is 29.1 Å². The summed E-state index contributed by atoms with van der Waals surface area (Å²) < 4.78 is 5.58. The van der Waals surface area contributed by atoms with Gasteiger partial charge in [-0.05, 0) is 30.7 Å². The number of H-pyrrole nitrogens is 1. The smallest absolute Gasteiger partial charge is 0.326 e. The normalized spacial score (nSPS) is 15.6. The number of anilines is 4. The van der Waals surface area contributed by atoms with Crippen molar-refractivity contribution in [3.05, 3.63) is 40.2 Å². The maximum absolute atomic E-state index is 12.7. The molecule has 2 aromatic rings. The molecular weight excluding hydrogens is 552 g/mol. The van der Waals surface area contributed by atoms with E-state index in [2.05, 4.69) is 31.2 Å². The number of hydrogen-bond acceptors (Lipinski definition) is 12. The summed E-state index contributed by atoms with van der Waals surface area (Å²) in [6.07, 6.45) is -2.02. The molecule has 3 atom stereocenters. The zero-order valence-electron chi connectivity index (χ0n) is 23.6. The quantitative estimate of drug-likeness (QED) is 0.0972. The number of rotatable bonds is 14. The summed E-state index contributed by atoms with van der Waals surface area (Å²) in [6.45, 7) is 1.13. The molecule has 1 amide bonds. The van der Waals surface area contributed by atoms with Gasteiger partial charge in [0.2, 0.25) is 5.95 Å². The van der Waals surface area contributed by atoms with Crippen LogP contribution in [-0.2, 0) is 19.1 Å². The van der Waals surface area contributed by atoms with Crippen LogP contribution in [0, 0.1) is 0 Å². The molecule has 1 aromatic heterocycles. The molecule has 16 nitrogen and oxygen atoms in total. The number of likely N-dealkylation sites (N-methyl/N-ethyl adjacent to an activating group) is 1. The van der Waals surface area contributed by atoms with Crippen LogP contribution < -0.4 is 37.7 Å². The molecule has 0 spiro atoms. The molecule has 8 N–H and O–H groups in total. The molecule has 42 heavy (non-hydrogen) atoms. The van der Waals surface area contributed by atoms with E-state index in [1.54, 1.807) is 33.3 Å². The van der Waals surface area contributed by atoms with Crippen LogP contribution in [-0.4, -0.2) is 102 Å². The first-order valence-electron chi connectivity index (χ1n) is 13.2. The largest absolute Gasteiger partial charge is 0.550 e. The zero-order valence-corrected chi connectivity index (χ0v) is 23.6. The molecule has 0 saturated carbocycles. The third-order valence-corrected chi connectivity index (χ3v) is 6.19. The summed E-state index contributed by atoms with van der Waals surface area (Å²) >= 11 is 0. The number of aromatic nitrogens is 2. The highest BCUT2D eigenvalue weighted by atomic mass is 16.5. The summed E-state index contributed by atoms with van der Waals surface area (Å²) in [6, 6.07) is 4.79. The van der Waals surface area contributed by atoms with E-state index >= 15 is 0 Å². The highest BCUT2D eigenvalue weighted by Crippen LogP contribution is 2.20. The van der Waals surface area contributed by atoms with Crippen LogP contribution in [0.2, 0.25) is 0 Å². The Balaban J connectivity index is 1.50. The first-order chi connectivity index (χ1) is 19.7. The van der Waals surface area contributed by atoms with E-state index in [0.717, 1.165) is 0 Å². The number of benzene rings is 1. The molecule has 0 bridgehead atoms. The predicted molar refractivity (Wildman–Crippen MR) is 151 cm³/mol. The molecule has 0 radical (unpaired) electrons. The number of aliphatic carboxylic acids is 2. The summed E-state index contributed by atoms with van der Waals surface area (Å²) in [5, 5.41) is 32.3. The van der Waals surface area contributed by atoms with Crippen molar-refractivity contribution in [2.45, 2.75) is 37.5 Å². The standard InChI is InChI=1S/C26H36N8O8/c1-34(2,3)13-17(10-19(35)36)42-20(37)9-8-18(25(40)41)31-23(38)14-4-6-15(7-5-14)28-11-16-12-29-22-21(30-16)24(39)33-26(27)32-22/h4-7,16-18,30H,8-13H2,1-3H3,(H7-,27,28,29,31,32,33,35,36,38,39,40,41). The van der Waals surface area contributed by atoms with Crippen LogP contribution in [0.1, 0.15) is 29.6 Å². The fourth-order valence-corrected chi connectivity index (χ4v) is 4.28. The first-order valence-corrected chi connectivity index (χ1v) is 13.2. The lowest BCUT2D eigenvalue weighted by atomic mass is 10.1. The van der Waals surface area contributed by atoms with Crippen LogP contribution in [0.4, 0.5) is 23.1 Å². The third-order valence-electron chi connectivity index (χ3n) is 6.19. The number of amides is 1. The number of fused-ring (bicyclic) bond motifs is 1. The molecule has 16 heteroatoms. The third kappa shape index (κ3) is 9.65. The molecule has 0 saturated heterocycles. The molecular formula is C26H36N8O8. The lowest BCUT2D eigenvalue weighted by molar-refractivity contribution is -0.873. The Morgan fingerprint density at radius 3 is 2.52 bits per heavy atom. The fraction of sp³-hybridized carbons (Fsp3) is 0.462. The maximum atomic E-state index is 12.7. The zero-order chi connectivity index (χ0) is 31.0. The van der Waals surface area contributed by atoms with Gasteiger partial charge in [-0.2, -0.15) is 4.98 Å². The number of esters is 1. The number of carboxylic acid groups (broad SMARTS) is 2. The second-order valence-electron chi connectivity index (χ2n) is 10.9. The lowest BCUT2D eigenvalue weighted by Gasteiger charge is -2.29. The van der Waals surface area contributed by atoms with Gasteiger partial charge in [-0.25, -0.2) is 4.79 Å². The van der Waals surface area contributed by atoms with Gasteiger partial charge in [0.05, 0.1) is 27.2 Å². The number of nitrogens with one attached hydrogen (secondary N) is 5. The number of nitrogens with zero attached hydrogens (tertiary/aromatic N) is 2. The van der Waals surface area contributed by atoms with E-state index in [0.29, 0.717) is 29.1 Å². The van der Waals surface area contributed by atoms with Crippen molar-refractivity contribution < 1.29 is 38.6 Å². The average molecular weight is 589 g/mol. The Labute approximate surface area is 241 Å². The van der Waals surface area contributed by atoms with Crippen LogP contribution in [0.25, 0.3) is 0 Å². The minimum atomic E-state index is -1.37. The number of ether oxygens (including phenoxy) is 1. The highest BCUT2D eigenvalue weighted by molar-refractivity contribution is 5.97. The topological polar surface area (TPSA) is 241 Å². The number of hydrogen-bond donors (Lipinski definition) is 7. The molecule has 1 aromatic carbocycles. The first kappa shape index (κ1) is 31.7. The summed E-state index contributed by atoms with van der Waals surface area (Å²) in [7, 11) is 5.41. The minimum Gasteiger partial charge on any atom is -0.550 e. The van der Waals surface area contributed by atoms with Crippen molar-refractivity contribution in [2.24, 2.45) is 0 Å². The van der Waals surface area contributed by atoms with Crippen molar-refractivity contribution in [3.8, 4) is 0 Å². The Hall–Kier alpha value is -4.86. The number of quaternary nitrogens is 1. The summed E-state index contributed by atoms with van der Waals surface area (Å²) in [5.41, 5.74) is 6.34. The van der Waals surface area contributed by atoms with Crippen molar-refractivity contribution >= 4 is 47.0 Å². The Kier molecular flexibility index (Phi) is 10.3. The molecule has 0 aliphatic carbocycles. The molecule has 1 aliphatic heterocycles. The van der Waals surface area contributed by atoms with Gasteiger partial charge >= 0.3 is 11.9 Å². The van der Waals surface area contributed by atoms with Crippen LogP contribution in [0.5, 0.6) is 0 Å². The van der Waals surface area contributed by atoms with Gasteiger partial charge in [0.25, 0.3) is 11.5 Å². The van der Waals surface area contributed by atoms with E-state index < -0.39 is 42.4 Å². The lowest BCUT2D eigenvalue weighted by Crippen LogP contribution is -2.45. The number of carboxylic acids is 2. The number of nitrogens with two attached hydrogens (primary N) is 1. The number of nitrogen functional groups attached to an aromatic ring is 1. The Morgan fingerprint density at radius 2 is 1.90 bits per heavy atom. The average Bonchev–Trinajstić information content (AvgIpc) is 2.88. The van der Waals surface area contributed by atoms with E-state index in [1.165, 1.54) is 12.1 Å². The monoisotopic (exact) mass is 588 g/mol. The SMILES string of the molecule is C[N+](C)(C)CC(CC(=O)[O-])OC(=O)CCC(NC(=O)c1ccc(NCC2CNc3nc(N)[nH]c(=O)c3N2)cc1)C(=O)O. The maximum Gasteiger partial charge on any atom is 0.326 e. The summed E-state index contributed by atoms with van der Waals surface area (Å²) in [5.74, 6) is -3.74. The van der Waals surface area contributed by atoms with E-state index in [9.17, 15) is 34.2 Å². The molecule has 228 valence electrons. The molecule has 3 unspecified atom stereocenters. The Morgan fingerprint density at radius 1 is 1.21 bits per heavy atom. The Bertz CT molecular complexity index is 1360. The van der Waals surface area contributed by atoms with Crippen molar-refractivity contribution in [1.29, 1.82) is 0 Å². The van der Waals surface area contributed by atoms with Gasteiger partial charge in [0.1, 0.15) is 18.3 Å². The molecule has 0 fully saturated rings. The number of carbonyl (C=O) groups is 4. The highest BCUT2D eigenvalue weighted by Gasteiger charge is 2.26.